The van der Waals surface area contributed by atoms with E-state index in [1.165, 1.54) is 57.8 Å². The number of nitrogens with two attached hydrogens (primary N) is 1. The van der Waals surface area contributed by atoms with E-state index in [0.29, 0.717) is 6.42 Å². The van der Waals surface area contributed by atoms with Crippen LogP contribution in [0.2, 0.25) is 0 Å². The molecule has 11 atom stereocenters. The third kappa shape index (κ3) is 33.0. The second kappa shape index (κ2) is 41.6. The molecule has 17 nitrogen and oxygen atoms in total. The molecule has 0 aromatic carbocycles. The molecule has 1 fully saturated rings. The molecular formula is C52H90NO16PS. The largest absolute Gasteiger partial charge is 0.481 e. The summed E-state index contributed by atoms with van der Waals surface area (Å²) in [7, 11) is -5.26. The summed E-state index contributed by atoms with van der Waals surface area (Å²) in [4.78, 5) is 47.7. The SMILES string of the molecule is CCCCC/C=C\C\C=C/C=C/C=C/[C@@H](SC[C@H](N)C(=O)OC[C@H](COP(=O)(O)OC1[C@H](O)[C@H](O)C(O)[C@H](O)[C@H]1O)OC(=O)CCCCCCCCC/C=C\CCCCCCCC)[C@@H](O)CCCC(=O)O. The van der Waals surface area contributed by atoms with Gasteiger partial charge >= 0.3 is 25.7 Å². The van der Waals surface area contributed by atoms with Gasteiger partial charge in [-0.1, -0.05) is 152 Å². The van der Waals surface area contributed by atoms with E-state index < -0.39 is 99.1 Å². The molecule has 0 heterocycles. The number of aliphatic hydroxyl groups is 6. The lowest BCUT2D eigenvalue weighted by Gasteiger charge is -2.41. The Kier molecular flexibility index (Phi) is 38.9. The molecule has 1 aliphatic rings. The molecule has 71 heavy (non-hydrogen) atoms. The van der Waals surface area contributed by atoms with Crippen LogP contribution in [0.5, 0.6) is 0 Å². The van der Waals surface area contributed by atoms with Crippen LogP contribution in [0.25, 0.3) is 0 Å². The zero-order valence-corrected chi connectivity index (χ0v) is 44.1. The van der Waals surface area contributed by atoms with Crippen LogP contribution in [0.1, 0.15) is 168 Å². The minimum Gasteiger partial charge on any atom is -0.481 e. The average Bonchev–Trinajstić information content (AvgIpc) is 3.34. The fourth-order valence-corrected chi connectivity index (χ4v) is 9.59. The summed E-state index contributed by atoms with van der Waals surface area (Å²) in [5.74, 6) is -2.69. The fourth-order valence-electron chi connectivity index (χ4n) is 7.49. The molecule has 19 heteroatoms. The number of hydrogen-bond donors (Lipinski definition) is 9. The van der Waals surface area contributed by atoms with Gasteiger partial charge in [-0.3, -0.25) is 23.4 Å². The van der Waals surface area contributed by atoms with Gasteiger partial charge in [-0.2, -0.15) is 0 Å². The number of carbonyl (C=O) groups excluding carboxylic acids is 2. The van der Waals surface area contributed by atoms with E-state index in [-0.39, 0.29) is 31.4 Å². The molecule has 0 aliphatic heterocycles. The number of thioether (sulfide) groups is 1. The van der Waals surface area contributed by atoms with Crippen LogP contribution in [0, 0.1) is 0 Å². The summed E-state index contributed by atoms with van der Waals surface area (Å²) in [5.41, 5.74) is 6.18. The van der Waals surface area contributed by atoms with E-state index in [1.54, 1.807) is 18.2 Å². The maximum absolute atomic E-state index is 13.1. The maximum atomic E-state index is 13.1. The van der Waals surface area contributed by atoms with Crippen molar-refractivity contribution in [3.63, 3.8) is 0 Å². The van der Waals surface area contributed by atoms with Crippen molar-refractivity contribution < 1.29 is 78.1 Å². The van der Waals surface area contributed by atoms with Crippen molar-refractivity contribution in [2.24, 2.45) is 5.73 Å². The van der Waals surface area contributed by atoms with Crippen LogP contribution in [0.4, 0.5) is 0 Å². The Bertz CT molecular complexity index is 1600. The van der Waals surface area contributed by atoms with E-state index >= 15 is 0 Å². The van der Waals surface area contributed by atoms with Crippen molar-refractivity contribution >= 4 is 37.5 Å². The molecule has 3 unspecified atom stereocenters. The van der Waals surface area contributed by atoms with Crippen LogP contribution < -0.4 is 5.73 Å². The normalized spacial score (nSPS) is 22.4. The Morgan fingerprint density at radius 1 is 0.648 bits per heavy atom. The number of phosphoric ester groups is 1. The lowest BCUT2D eigenvalue weighted by Crippen LogP contribution is -2.64. The molecule has 0 saturated heterocycles. The number of aliphatic hydroxyl groups excluding tert-OH is 6. The van der Waals surface area contributed by atoms with E-state index in [2.05, 4.69) is 38.2 Å². The van der Waals surface area contributed by atoms with Crippen molar-refractivity contribution in [3.8, 4) is 0 Å². The quantitative estimate of drug-likeness (QED) is 0.00924. The molecule has 0 aromatic heterocycles. The Morgan fingerprint density at radius 2 is 1.17 bits per heavy atom. The van der Waals surface area contributed by atoms with Crippen molar-refractivity contribution in [1.82, 2.24) is 0 Å². The smallest absolute Gasteiger partial charge is 0.472 e. The van der Waals surface area contributed by atoms with E-state index in [1.807, 2.05) is 18.2 Å². The number of hydrogen-bond acceptors (Lipinski definition) is 16. The van der Waals surface area contributed by atoms with Gasteiger partial charge < -0.3 is 55.8 Å². The van der Waals surface area contributed by atoms with Gasteiger partial charge in [-0.25, -0.2) is 4.57 Å². The summed E-state index contributed by atoms with van der Waals surface area (Å²) < 4.78 is 33.7. The third-order valence-corrected chi connectivity index (χ3v) is 14.2. The summed E-state index contributed by atoms with van der Waals surface area (Å²) in [6, 6.07) is -1.26. The highest BCUT2D eigenvalue weighted by Crippen LogP contribution is 2.47. The molecule has 0 aromatic rings. The van der Waals surface area contributed by atoms with Gasteiger partial charge in [0.1, 0.15) is 49.3 Å². The standard InChI is InChI=1S/C52H90NO16PS/c1-3-5-7-9-11-13-15-17-18-19-20-21-23-25-27-29-31-36-45(57)68-40(38-67-70(64,65)69-51-49(61)47(59)46(58)48(60)50(51)62)37-66-52(63)41(53)39-71-43(42(54)33-32-35-44(55)56)34-30-28-26-24-22-16-14-12-10-8-6-4-2/h12,14,17-18,22,24,26,28,30,34,40-43,46-51,54,58-62H,3-11,13,15-16,19-21,23,25,27,29,31-33,35-39,53H2,1-2H3,(H,55,56)(H,64,65)/b14-12-,18-17-,24-22-,28-26+,34-30+/t40-,41+,42+,43-,46?,47-,48+,49-,50-,51?/m1/s1. The molecule has 410 valence electrons. The number of ether oxygens (including phenoxy) is 2. The zero-order chi connectivity index (χ0) is 52.7. The second-order valence-corrected chi connectivity index (χ2v) is 20.8. The first-order chi connectivity index (χ1) is 34.0. The lowest BCUT2D eigenvalue weighted by molar-refractivity contribution is -0.220. The van der Waals surface area contributed by atoms with Crippen molar-refractivity contribution in [2.45, 2.75) is 228 Å². The van der Waals surface area contributed by atoms with Gasteiger partial charge in [0.15, 0.2) is 6.10 Å². The van der Waals surface area contributed by atoms with Crippen LogP contribution >= 0.6 is 19.6 Å². The molecule has 0 spiro atoms. The molecule has 0 radical (unpaired) electrons. The Morgan fingerprint density at radius 3 is 1.77 bits per heavy atom. The fraction of sp³-hybridized carbons (Fsp3) is 0.750. The second-order valence-electron chi connectivity index (χ2n) is 18.2. The van der Waals surface area contributed by atoms with Crippen LogP contribution in [-0.4, -0.2) is 138 Å². The topological polar surface area (TPSA) is 293 Å². The Hall–Kier alpha value is -2.71. The highest BCUT2D eigenvalue weighted by Gasteiger charge is 2.51. The van der Waals surface area contributed by atoms with Gasteiger partial charge in [0.05, 0.1) is 12.7 Å². The van der Waals surface area contributed by atoms with Gasteiger partial charge in [-0.05, 0) is 64.2 Å². The van der Waals surface area contributed by atoms with Crippen molar-refractivity contribution in [2.75, 3.05) is 19.0 Å². The molecule has 1 saturated carbocycles. The number of carboxylic acid groups (broad SMARTS) is 1. The minimum atomic E-state index is -5.26. The first kappa shape index (κ1) is 66.3. The van der Waals surface area contributed by atoms with Gasteiger partial charge in [-0.15, -0.1) is 11.8 Å². The van der Waals surface area contributed by atoms with Crippen LogP contribution in [0.15, 0.2) is 60.8 Å². The molecule has 0 bridgehead atoms. The van der Waals surface area contributed by atoms with Gasteiger partial charge in [0.2, 0.25) is 0 Å². The summed E-state index contributed by atoms with van der Waals surface area (Å²) in [6.07, 6.45) is 27.1. The summed E-state index contributed by atoms with van der Waals surface area (Å²) in [5, 5.41) is 70.0. The van der Waals surface area contributed by atoms with Gasteiger partial charge in [0.25, 0.3) is 0 Å². The first-order valence-corrected chi connectivity index (χ1v) is 28.6. The van der Waals surface area contributed by atoms with E-state index in [4.69, 9.17) is 29.4 Å². The molecule has 10 N–H and O–H groups in total. The third-order valence-electron chi connectivity index (χ3n) is 11.8. The summed E-state index contributed by atoms with van der Waals surface area (Å²) in [6.45, 7) is 2.83. The highest BCUT2D eigenvalue weighted by molar-refractivity contribution is 8.00. The van der Waals surface area contributed by atoms with Gasteiger partial charge in [0, 0.05) is 23.8 Å². The Labute approximate surface area is 427 Å². The number of esters is 2. The molecular weight excluding hydrogens is 958 g/mol. The lowest BCUT2D eigenvalue weighted by atomic mass is 9.85. The molecule has 1 aliphatic carbocycles. The predicted octanol–water partition coefficient (Wildman–Crippen LogP) is 7.82. The van der Waals surface area contributed by atoms with Crippen molar-refractivity contribution in [3.05, 3.63) is 60.8 Å². The number of rotatable bonds is 43. The zero-order valence-electron chi connectivity index (χ0n) is 42.4. The number of carboxylic acids is 1. The monoisotopic (exact) mass is 1050 g/mol. The number of phosphoric acid groups is 1. The average molecular weight is 1050 g/mol. The van der Waals surface area contributed by atoms with E-state index in [0.717, 1.165) is 76.0 Å². The molecule has 0 amide bonds. The minimum absolute atomic E-state index is 0.0123. The number of allylic oxidation sites excluding steroid dienone is 9. The highest BCUT2D eigenvalue weighted by atomic mass is 32.2. The van der Waals surface area contributed by atoms with E-state index in [9.17, 15) is 54.5 Å². The predicted molar refractivity (Wildman–Crippen MR) is 277 cm³/mol. The number of aliphatic carboxylic acids is 1. The van der Waals surface area contributed by atoms with Crippen molar-refractivity contribution in [1.29, 1.82) is 0 Å². The maximum Gasteiger partial charge on any atom is 0.472 e. The Balaban J connectivity index is 2.83. The number of carbonyl (C=O) groups is 3. The van der Waals surface area contributed by atoms with Crippen LogP contribution in [0.3, 0.4) is 0 Å². The van der Waals surface area contributed by atoms with Crippen LogP contribution in [-0.2, 0) is 37.5 Å². The molecule has 1 rings (SSSR count). The first-order valence-electron chi connectivity index (χ1n) is 26.0. The summed E-state index contributed by atoms with van der Waals surface area (Å²) >= 11 is 1.15. The number of unbranched alkanes of at least 4 members (excludes halogenated alkanes) is 16.